The van der Waals surface area contributed by atoms with Crippen LogP contribution in [-0.2, 0) is 4.74 Å². The summed E-state index contributed by atoms with van der Waals surface area (Å²) in [5, 5.41) is 4.09. The number of carbonyl (C=O) groups excluding carboxylic acids is 1. The lowest BCUT2D eigenvalue weighted by atomic mass is 10.2. The van der Waals surface area contributed by atoms with E-state index < -0.39 is 5.60 Å². The Bertz CT molecular complexity index is 723. The topological polar surface area (TPSA) is 71.7 Å². The molecule has 134 valence electrons. The van der Waals surface area contributed by atoms with Gasteiger partial charge in [-0.05, 0) is 45.0 Å². The molecule has 1 saturated heterocycles. The van der Waals surface area contributed by atoms with E-state index >= 15 is 0 Å². The van der Waals surface area contributed by atoms with E-state index in [2.05, 4.69) is 10.1 Å². The van der Waals surface area contributed by atoms with Crippen molar-refractivity contribution in [1.29, 1.82) is 0 Å². The van der Waals surface area contributed by atoms with Gasteiger partial charge >= 0.3 is 6.09 Å². The normalized spacial score (nSPS) is 18.3. The molecule has 1 aliphatic rings. The number of nitrogens with zero attached hydrogens (tertiary/aromatic N) is 4. The lowest BCUT2D eigenvalue weighted by molar-refractivity contribution is 0.0158. The molecule has 1 atom stereocenters. The summed E-state index contributed by atoms with van der Waals surface area (Å²) < 4.78 is 10.8. The van der Waals surface area contributed by atoms with Gasteiger partial charge in [0, 0.05) is 31.2 Å². The fraction of sp³-hybridized carbons (Fsp3) is 0.500. The first-order chi connectivity index (χ1) is 11.8. The third-order valence-corrected chi connectivity index (χ3v) is 3.97. The van der Waals surface area contributed by atoms with Crippen molar-refractivity contribution in [3.05, 3.63) is 30.3 Å². The van der Waals surface area contributed by atoms with Crippen molar-refractivity contribution < 1.29 is 14.1 Å². The average molecular weight is 344 g/mol. The Morgan fingerprint density at radius 1 is 1.24 bits per heavy atom. The minimum absolute atomic E-state index is 0.00211. The highest BCUT2D eigenvalue weighted by molar-refractivity contribution is 5.69. The molecule has 3 rings (SSSR count). The van der Waals surface area contributed by atoms with E-state index in [-0.39, 0.29) is 12.1 Å². The monoisotopic (exact) mass is 344 g/mol. The first kappa shape index (κ1) is 17.3. The average Bonchev–Trinajstić information content (AvgIpc) is 3.04. The van der Waals surface area contributed by atoms with Crippen LogP contribution in [0.15, 0.2) is 34.9 Å². The molecule has 0 bridgehead atoms. The van der Waals surface area contributed by atoms with Crippen LogP contribution in [-0.4, -0.2) is 52.4 Å². The molecule has 1 aliphatic heterocycles. The van der Waals surface area contributed by atoms with Crippen molar-refractivity contribution in [2.75, 3.05) is 24.5 Å². The molecule has 0 N–H and O–H groups in total. The summed E-state index contributed by atoms with van der Waals surface area (Å²) >= 11 is 0. The number of carbonyl (C=O) groups is 1. The Balaban J connectivity index is 1.65. The number of amides is 1. The second-order valence-corrected chi connectivity index (χ2v) is 7.23. The summed E-state index contributed by atoms with van der Waals surface area (Å²) in [5.74, 6) is 1.05. The molecular formula is C18H24N4O3. The van der Waals surface area contributed by atoms with Gasteiger partial charge in [0.15, 0.2) is 0 Å². The number of rotatable bonds is 2. The van der Waals surface area contributed by atoms with Crippen LogP contribution in [0.3, 0.4) is 0 Å². The van der Waals surface area contributed by atoms with Crippen LogP contribution in [0.25, 0.3) is 11.5 Å². The van der Waals surface area contributed by atoms with E-state index in [0.29, 0.717) is 31.5 Å². The number of anilines is 1. The van der Waals surface area contributed by atoms with E-state index in [4.69, 9.17) is 9.26 Å². The molecule has 0 unspecified atom stereocenters. The van der Waals surface area contributed by atoms with Crippen LogP contribution in [0.4, 0.5) is 10.7 Å². The predicted octanol–water partition coefficient (Wildman–Crippen LogP) is 3.18. The van der Waals surface area contributed by atoms with Crippen molar-refractivity contribution in [2.24, 2.45) is 0 Å². The third kappa shape index (κ3) is 4.10. The summed E-state index contributed by atoms with van der Waals surface area (Å²) in [7, 11) is 0. The van der Waals surface area contributed by atoms with Gasteiger partial charge in [-0.25, -0.2) is 4.79 Å². The molecule has 0 spiro atoms. The number of hydrogen-bond donors (Lipinski definition) is 0. The minimum Gasteiger partial charge on any atom is -0.444 e. The van der Waals surface area contributed by atoms with Crippen LogP contribution in [0.1, 0.15) is 27.7 Å². The smallest absolute Gasteiger partial charge is 0.410 e. The number of benzene rings is 1. The number of piperazine rings is 1. The molecule has 25 heavy (non-hydrogen) atoms. The lowest BCUT2D eigenvalue weighted by Crippen LogP contribution is -2.55. The fourth-order valence-corrected chi connectivity index (χ4v) is 2.77. The molecule has 7 nitrogen and oxygen atoms in total. The largest absolute Gasteiger partial charge is 0.444 e. The molecule has 0 saturated carbocycles. The van der Waals surface area contributed by atoms with Gasteiger partial charge in [0.25, 0.3) is 11.8 Å². The van der Waals surface area contributed by atoms with Crippen LogP contribution in [0.2, 0.25) is 0 Å². The van der Waals surface area contributed by atoms with E-state index in [1.165, 1.54) is 0 Å². The summed E-state index contributed by atoms with van der Waals surface area (Å²) in [4.78, 5) is 20.6. The maximum absolute atomic E-state index is 12.3. The standard InChI is InChI=1S/C18H24N4O3/c1-13-12-21(10-11-22(13)17(23)24-18(2,3)4)16-19-15(25-20-16)14-8-6-5-7-9-14/h5-9,13H,10-12H2,1-4H3/t13-/m1/s1. The minimum atomic E-state index is -0.494. The van der Waals surface area contributed by atoms with Gasteiger partial charge in [-0.2, -0.15) is 4.98 Å². The molecule has 7 heteroatoms. The SMILES string of the molecule is C[C@@H]1CN(c2noc(-c3ccccc3)n2)CCN1C(=O)OC(C)(C)C. The molecule has 1 fully saturated rings. The van der Waals surface area contributed by atoms with Gasteiger partial charge < -0.3 is 19.1 Å². The Hall–Kier alpha value is -2.57. The van der Waals surface area contributed by atoms with E-state index in [9.17, 15) is 4.79 Å². The lowest BCUT2D eigenvalue weighted by Gasteiger charge is -2.39. The van der Waals surface area contributed by atoms with E-state index in [1.807, 2.05) is 62.9 Å². The second-order valence-electron chi connectivity index (χ2n) is 7.23. The summed E-state index contributed by atoms with van der Waals surface area (Å²) in [6.45, 7) is 9.44. The Morgan fingerprint density at radius 3 is 2.60 bits per heavy atom. The molecule has 0 aliphatic carbocycles. The summed E-state index contributed by atoms with van der Waals surface area (Å²) in [6.07, 6.45) is -0.280. The quantitative estimate of drug-likeness (QED) is 0.833. The molecular weight excluding hydrogens is 320 g/mol. The van der Waals surface area contributed by atoms with Crippen LogP contribution in [0, 0.1) is 0 Å². The maximum atomic E-state index is 12.3. The summed E-state index contributed by atoms with van der Waals surface area (Å²) in [6, 6.07) is 9.67. The van der Waals surface area contributed by atoms with Gasteiger partial charge in [-0.15, -0.1) is 0 Å². The molecule has 1 aromatic carbocycles. The maximum Gasteiger partial charge on any atom is 0.410 e. The fourth-order valence-electron chi connectivity index (χ4n) is 2.77. The Morgan fingerprint density at radius 2 is 1.96 bits per heavy atom. The van der Waals surface area contributed by atoms with Crippen molar-refractivity contribution in [2.45, 2.75) is 39.3 Å². The van der Waals surface area contributed by atoms with Crippen molar-refractivity contribution in [1.82, 2.24) is 15.0 Å². The highest BCUT2D eigenvalue weighted by Gasteiger charge is 2.32. The number of aromatic nitrogens is 2. The van der Waals surface area contributed by atoms with Crippen molar-refractivity contribution in [3.63, 3.8) is 0 Å². The van der Waals surface area contributed by atoms with E-state index in [0.717, 1.165) is 5.56 Å². The third-order valence-electron chi connectivity index (χ3n) is 3.97. The van der Waals surface area contributed by atoms with Gasteiger partial charge in [-0.1, -0.05) is 18.2 Å². The van der Waals surface area contributed by atoms with Crippen LogP contribution in [0.5, 0.6) is 0 Å². The van der Waals surface area contributed by atoms with Crippen molar-refractivity contribution >= 4 is 12.0 Å². The van der Waals surface area contributed by atoms with Gasteiger partial charge in [0.1, 0.15) is 5.60 Å². The zero-order chi connectivity index (χ0) is 18.0. The van der Waals surface area contributed by atoms with Crippen molar-refractivity contribution in [3.8, 4) is 11.5 Å². The molecule has 2 aromatic rings. The molecule has 1 aromatic heterocycles. The first-order valence-electron chi connectivity index (χ1n) is 8.47. The predicted molar refractivity (Wildman–Crippen MR) is 94.3 cm³/mol. The van der Waals surface area contributed by atoms with Crippen LogP contribution < -0.4 is 4.90 Å². The zero-order valence-corrected chi connectivity index (χ0v) is 15.1. The molecule has 0 radical (unpaired) electrons. The van der Waals surface area contributed by atoms with E-state index in [1.54, 1.807) is 4.90 Å². The van der Waals surface area contributed by atoms with Gasteiger partial charge in [0.05, 0.1) is 0 Å². The molecule has 1 amide bonds. The Kier molecular flexibility index (Phi) is 4.65. The first-order valence-corrected chi connectivity index (χ1v) is 8.47. The highest BCUT2D eigenvalue weighted by atomic mass is 16.6. The number of hydrogen-bond acceptors (Lipinski definition) is 6. The Labute approximate surface area is 147 Å². The summed E-state index contributed by atoms with van der Waals surface area (Å²) in [5.41, 5.74) is 0.397. The highest BCUT2D eigenvalue weighted by Crippen LogP contribution is 2.22. The molecule has 2 heterocycles. The van der Waals surface area contributed by atoms with Gasteiger partial charge in [-0.3, -0.25) is 0 Å². The number of ether oxygens (including phenoxy) is 1. The van der Waals surface area contributed by atoms with Gasteiger partial charge in [0.2, 0.25) is 0 Å². The van der Waals surface area contributed by atoms with Crippen LogP contribution >= 0.6 is 0 Å². The zero-order valence-electron chi connectivity index (χ0n) is 15.1. The second kappa shape index (κ2) is 6.74.